The predicted octanol–water partition coefficient (Wildman–Crippen LogP) is 0.450. The first-order valence-electron chi connectivity index (χ1n) is 1.40. The number of primary amides is 1. The van der Waals surface area contributed by atoms with Crippen LogP contribution in [0.5, 0.6) is 0 Å². The first-order valence-corrected chi connectivity index (χ1v) is 1.81. The molecule has 0 aromatic heterocycles. The molecule has 0 saturated heterocycles. The Hall–Kier alpha value is 0.209. The van der Waals surface area contributed by atoms with Crippen molar-refractivity contribution in [2.24, 2.45) is 5.73 Å². The van der Waals surface area contributed by atoms with Crippen LogP contribution >= 0.6 is 0 Å². The fraction of sp³-hybridized carbons (Fsp3) is 0.333. The van der Waals surface area contributed by atoms with Crippen LogP contribution in [0.25, 0.3) is 0 Å². The summed E-state index contributed by atoms with van der Waals surface area (Å²) in [5.74, 6) is 0. The fourth-order valence-corrected chi connectivity index (χ4v) is 0. The Bertz CT molecular complexity index is 37.9. The first kappa shape index (κ1) is 15.7. The summed E-state index contributed by atoms with van der Waals surface area (Å²) in [5.41, 5.74) is 4.29. The minimum Gasteiger partial charge on any atom is -0.719 e. The molecule has 0 aliphatic heterocycles. The van der Waals surface area contributed by atoms with E-state index in [9.17, 15) is 0 Å². The van der Waals surface area contributed by atoms with Crippen LogP contribution in [0.3, 0.4) is 0 Å². The Morgan fingerprint density at radius 1 is 1.71 bits per heavy atom. The van der Waals surface area contributed by atoms with Gasteiger partial charge < -0.3 is 30.1 Å². The number of carbonyl (C=O) groups excluding carboxylic acids is 1. The number of hydrogen-bond donors (Lipinski definition) is 1. The molecule has 0 heterocycles. The summed E-state index contributed by atoms with van der Waals surface area (Å²) < 4.78 is 0. The monoisotopic (exact) mass is 160 g/mol. The van der Waals surface area contributed by atoms with Crippen molar-refractivity contribution in [3.63, 3.8) is 0 Å². The topological polar surface area (TPSA) is 43.1 Å². The van der Waals surface area contributed by atoms with E-state index in [1.807, 2.05) is 0 Å². The molecule has 0 bridgehead atoms. The van der Waals surface area contributed by atoms with E-state index in [0.717, 1.165) is 0 Å². The minimum absolute atomic E-state index is 0. The Labute approximate surface area is 59.7 Å². The maximum absolute atomic E-state index is 9.04. The number of rotatable bonds is 0. The van der Waals surface area contributed by atoms with E-state index in [2.05, 4.69) is 25.3 Å². The van der Waals surface area contributed by atoms with E-state index >= 15 is 0 Å². The third kappa shape index (κ3) is 2510. The van der Waals surface area contributed by atoms with E-state index in [1.54, 1.807) is 6.92 Å². The summed E-state index contributed by atoms with van der Waals surface area (Å²) in [6.07, 6.45) is 0. The molecule has 0 rings (SSSR count). The Morgan fingerprint density at radius 3 is 1.71 bits per heavy atom. The molecule has 0 aromatic rings. The van der Waals surface area contributed by atoms with E-state index in [-0.39, 0.29) is 17.1 Å². The van der Waals surface area contributed by atoms with Crippen molar-refractivity contribution in [3.8, 4) is 0 Å². The zero-order valence-corrected chi connectivity index (χ0v) is 5.98. The van der Waals surface area contributed by atoms with Crippen molar-refractivity contribution < 1.29 is 21.9 Å². The molecule has 0 atom stereocenters. The SMILES string of the molecule is NC(=O)[S-].[CH2-]C.[Mn+2]. The predicted molar refractivity (Wildman–Crippen MR) is 28.0 cm³/mol. The number of hydrogen-bond acceptors (Lipinski definition) is 2. The summed E-state index contributed by atoms with van der Waals surface area (Å²) in [7, 11) is 0. The van der Waals surface area contributed by atoms with Gasteiger partial charge in [-0.1, -0.05) is 0 Å². The van der Waals surface area contributed by atoms with Gasteiger partial charge in [-0.05, 0) is 0 Å². The summed E-state index contributed by atoms with van der Waals surface area (Å²) in [5, 5.41) is -0.750. The average molecular weight is 160 g/mol. The van der Waals surface area contributed by atoms with Gasteiger partial charge in [-0.3, -0.25) is 0 Å². The van der Waals surface area contributed by atoms with Crippen LogP contribution in [0.4, 0.5) is 4.79 Å². The molecule has 0 spiro atoms. The third-order valence-corrected chi connectivity index (χ3v) is 0. The second-order valence-corrected chi connectivity index (χ2v) is 0.721. The molecule has 0 aromatic carbocycles. The minimum atomic E-state index is -0.750. The summed E-state index contributed by atoms with van der Waals surface area (Å²) in [6, 6.07) is 0. The number of carbonyl (C=O) groups is 1. The van der Waals surface area contributed by atoms with Gasteiger partial charge in [0.15, 0.2) is 0 Å². The van der Waals surface area contributed by atoms with Crippen LogP contribution in [0.15, 0.2) is 0 Å². The van der Waals surface area contributed by atoms with Crippen molar-refractivity contribution in [1.29, 1.82) is 0 Å². The molecule has 2 N–H and O–H groups in total. The van der Waals surface area contributed by atoms with Gasteiger partial charge in [0.25, 0.3) is 0 Å². The molecular formula is C3H7MnNOS. The quantitative estimate of drug-likeness (QED) is 0.317. The van der Waals surface area contributed by atoms with Crippen LogP contribution in [0.2, 0.25) is 0 Å². The molecule has 4 heteroatoms. The fourth-order valence-electron chi connectivity index (χ4n) is 0. The molecule has 2 nitrogen and oxygen atoms in total. The van der Waals surface area contributed by atoms with E-state index in [4.69, 9.17) is 4.79 Å². The molecule has 0 aliphatic carbocycles. The molecule has 0 fully saturated rings. The summed E-state index contributed by atoms with van der Waals surface area (Å²) >= 11 is 3.76. The summed E-state index contributed by atoms with van der Waals surface area (Å²) in [6.45, 7) is 5.00. The van der Waals surface area contributed by atoms with Crippen molar-refractivity contribution in [2.45, 2.75) is 6.92 Å². The molecule has 0 unspecified atom stereocenters. The van der Waals surface area contributed by atoms with Gasteiger partial charge in [-0.25, -0.2) is 0 Å². The largest absolute Gasteiger partial charge is 2.00 e. The number of amides is 1. The van der Waals surface area contributed by atoms with E-state index < -0.39 is 5.24 Å². The smallest absolute Gasteiger partial charge is 0.719 e. The summed E-state index contributed by atoms with van der Waals surface area (Å²) in [4.78, 5) is 9.04. The van der Waals surface area contributed by atoms with Crippen molar-refractivity contribution in [1.82, 2.24) is 0 Å². The van der Waals surface area contributed by atoms with Gasteiger partial charge in [-0.2, -0.15) is 6.92 Å². The zero-order valence-electron chi connectivity index (χ0n) is 3.98. The second kappa shape index (κ2) is 16.4. The molecule has 1 amide bonds. The Kier molecular flexibility index (Phi) is 36.7. The molecule has 0 saturated carbocycles. The van der Waals surface area contributed by atoms with Gasteiger partial charge in [-0.15, -0.1) is 0 Å². The molecule has 7 heavy (non-hydrogen) atoms. The van der Waals surface area contributed by atoms with Gasteiger partial charge in [0.05, 0.1) is 5.24 Å². The standard InChI is InChI=1S/C2H5.CH3NOS.Mn/c1-2;2-1(3)4;/h1H2,2H3;(H3,2,3,4);/q-1;;+2/p-1. The van der Waals surface area contributed by atoms with Gasteiger partial charge in [0.1, 0.15) is 0 Å². The molecular weight excluding hydrogens is 153 g/mol. The van der Waals surface area contributed by atoms with Gasteiger partial charge >= 0.3 is 17.1 Å². The van der Waals surface area contributed by atoms with Crippen molar-refractivity contribution in [2.75, 3.05) is 0 Å². The van der Waals surface area contributed by atoms with Crippen molar-refractivity contribution >= 4 is 17.9 Å². The van der Waals surface area contributed by atoms with Crippen LogP contribution in [-0.4, -0.2) is 5.24 Å². The Morgan fingerprint density at radius 2 is 1.71 bits per heavy atom. The molecule has 0 aliphatic rings. The van der Waals surface area contributed by atoms with Crippen LogP contribution in [0, 0.1) is 6.92 Å². The van der Waals surface area contributed by atoms with E-state index in [1.165, 1.54) is 0 Å². The van der Waals surface area contributed by atoms with Crippen LogP contribution in [-0.2, 0) is 29.7 Å². The maximum Gasteiger partial charge on any atom is 2.00 e. The van der Waals surface area contributed by atoms with Gasteiger partial charge in [0.2, 0.25) is 0 Å². The molecule has 43 valence electrons. The van der Waals surface area contributed by atoms with E-state index in [0.29, 0.717) is 0 Å². The third-order valence-electron chi connectivity index (χ3n) is 0. The number of nitrogens with two attached hydrogens (primary N) is 1. The second-order valence-electron chi connectivity index (χ2n) is 0.319. The zero-order chi connectivity index (χ0) is 5.58. The first-order chi connectivity index (χ1) is 2.73. The van der Waals surface area contributed by atoms with Crippen LogP contribution in [0.1, 0.15) is 6.92 Å². The van der Waals surface area contributed by atoms with Gasteiger partial charge in [0, 0.05) is 0 Å². The van der Waals surface area contributed by atoms with Crippen LogP contribution < -0.4 is 5.73 Å². The average Bonchev–Trinajstić information content (AvgIpc) is 1.41. The van der Waals surface area contributed by atoms with Crippen molar-refractivity contribution in [3.05, 3.63) is 6.92 Å². The molecule has 1 radical (unpaired) electrons. The maximum atomic E-state index is 9.04. The normalized spacial score (nSPS) is 4.29. The Balaban J connectivity index is -0.0000000480.